The van der Waals surface area contributed by atoms with Crippen molar-refractivity contribution in [2.75, 3.05) is 26.2 Å². The minimum atomic E-state index is -0.670. The zero-order valence-corrected chi connectivity index (χ0v) is 11.1. The molecule has 5 nitrogen and oxygen atoms in total. The monoisotopic (exact) mass is 247 g/mol. The topological polar surface area (TPSA) is 101 Å². The fourth-order valence-electron chi connectivity index (χ4n) is 1.21. The van der Waals surface area contributed by atoms with Gasteiger partial charge in [0.25, 0.3) is 0 Å². The second-order valence-corrected chi connectivity index (χ2v) is 3.89. The molecule has 5 heteroatoms. The van der Waals surface area contributed by atoms with Crippen LogP contribution in [0.4, 0.5) is 0 Å². The highest BCUT2D eigenvalue weighted by atomic mass is 16.4. The third kappa shape index (κ3) is 25.5. The van der Waals surface area contributed by atoms with Crippen LogP contribution in [0.15, 0.2) is 0 Å². The fourth-order valence-corrected chi connectivity index (χ4v) is 1.21. The summed E-state index contributed by atoms with van der Waals surface area (Å²) in [5.74, 6) is -0.670. The van der Waals surface area contributed by atoms with Gasteiger partial charge in [-0.25, -0.2) is 0 Å². The summed E-state index contributed by atoms with van der Waals surface area (Å²) in [6.07, 6.45) is 5.88. The Morgan fingerprint density at radius 2 is 1.59 bits per heavy atom. The molecule has 0 atom stereocenters. The molecule has 104 valence electrons. The fraction of sp³-hybridized carbons (Fsp3) is 0.917. The van der Waals surface area contributed by atoms with E-state index in [0.717, 1.165) is 25.9 Å². The standard InChI is InChI=1S/C8H16O2.C4H13N3/c1-2-3-4-5-6-7-8(9)10;5-1-3-7-4-2-6/h2-7H2,1H3,(H,9,10);7H,1-6H2. The SMILES string of the molecule is CCCCCCCC(=O)O.NCCNCCN. The highest BCUT2D eigenvalue weighted by Crippen LogP contribution is 2.04. The van der Waals surface area contributed by atoms with Crippen LogP contribution >= 0.6 is 0 Å². The Hall–Kier alpha value is -0.650. The Morgan fingerprint density at radius 3 is 2.00 bits per heavy atom. The minimum absolute atomic E-state index is 0.337. The molecule has 6 N–H and O–H groups in total. The van der Waals surface area contributed by atoms with Crippen LogP contribution in [0.3, 0.4) is 0 Å². The Labute approximate surface area is 105 Å². The summed E-state index contributed by atoms with van der Waals surface area (Å²) in [5, 5.41) is 11.3. The Bertz CT molecular complexity index is 151. The lowest BCUT2D eigenvalue weighted by molar-refractivity contribution is -0.137. The maximum absolute atomic E-state index is 10.0. The third-order valence-electron chi connectivity index (χ3n) is 2.14. The number of unbranched alkanes of at least 4 members (excludes halogenated alkanes) is 4. The molecule has 0 aliphatic heterocycles. The second kappa shape index (κ2) is 17.7. The van der Waals surface area contributed by atoms with Crippen molar-refractivity contribution >= 4 is 5.97 Å². The molecule has 0 heterocycles. The van der Waals surface area contributed by atoms with Crippen molar-refractivity contribution in [2.45, 2.75) is 45.4 Å². The van der Waals surface area contributed by atoms with Crippen molar-refractivity contribution in [1.29, 1.82) is 0 Å². The van der Waals surface area contributed by atoms with Crippen molar-refractivity contribution in [1.82, 2.24) is 5.32 Å². The predicted molar refractivity (Wildman–Crippen MR) is 72.0 cm³/mol. The van der Waals surface area contributed by atoms with Crippen LogP contribution < -0.4 is 16.8 Å². The molecule has 0 aromatic heterocycles. The number of carboxylic acids is 1. The average Bonchev–Trinajstić information content (AvgIpc) is 2.30. The number of hydrogen-bond donors (Lipinski definition) is 4. The molecule has 0 radical (unpaired) electrons. The smallest absolute Gasteiger partial charge is 0.303 e. The van der Waals surface area contributed by atoms with Crippen molar-refractivity contribution < 1.29 is 9.90 Å². The lowest BCUT2D eigenvalue weighted by atomic mass is 10.1. The molecule has 0 aliphatic rings. The van der Waals surface area contributed by atoms with Gasteiger partial charge in [-0.15, -0.1) is 0 Å². The van der Waals surface area contributed by atoms with Gasteiger partial charge >= 0.3 is 5.97 Å². The van der Waals surface area contributed by atoms with E-state index in [4.69, 9.17) is 16.6 Å². The van der Waals surface area contributed by atoms with Crippen LogP contribution in [-0.2, 0) is 4.79 Å². The third-order valence-corrected chi connectivity index (χ3v) is 2.14. The maximum atomic E-state index is 10.0. The molecule has 0 aromatic carbocycles. The lowest BCUT2D eigenvalue weighted by Crippen LogP contribution is -2.27. The molecule has 0 spiro atoms. The van der Waals surface area contributed by atoms with E-state index in [1.807, 2.05) is 0 Å². The molecular weight excluding hydrogens is 218 g/mol. The first-order valence-corrected chi connectivity index (χ1v) is 6.51. The first-order chi connectivity index (χ1) is 8.18. The summed E-state index contributed by atoms with van der Waals surface area (Å²) in [4.78, 5) is 10.0. The van der Waals surface area contributed by atoms with Crippen LogP contribution in [0.5, 0.6) is 0 Å². The van der Waals surface area contributed by atoms with Gasteiger partial charge in [0.05, 0.1) is 0 Å². The summed E-state index contributed by atoms with van der Waals surface area (Å²) in [6.45, 7) is 5.28. The van der Waals surface area contributed by atoms with Crippen molar-refractivity contribution in [3.05, 3.63) is 0 Å². The molecular formula is C12H29N3O2. The van der Waals surface area contributed by atoms with Crippen LogP contribution in [0, 0.1) is 0 Å². The molecule has 0 saturated carbocycles. The van der Waals surface area contributed by atoms with Crippen molar-refractivity contribution in [3.8, 4) is 0 Å². The number of rotatable bonds is 10. The summed E-state index contributed by atoms with van der Waals surface area (Å²) < 4.78 is 0. The average molecular weight is 247 g/mol. The second-order valence-electron chi connectivity index (χ2n) is 3.89. The first kappa shape index (κ1) is 18.7. The Balaban J connectivity index is 0. The van der Waals surface area contributed by atoms with Crippen LogP contribution in [0.25, 0.3) is 0 Å². The van der Waals surface area contributed by atoms with E-state index < -0.39 is 5.97 Å². The summed E-state index contributed by atoms with van der Waals surface area (Å²) in [6, 6.07) is 0. The van der Waals surface area contributed by atoms with Gasteiger partial charge in [0.15, 0.2) is 0 Å². The van der Waals surface area contributed by atoms with Gasteiger partial charge in [-0.05, 0) is 6.42 Å². The number of aliphatic carboxylic acids is 1. The zero-order valence-electron chi connectivity index (χ0n) is 11.1. The summed E-state index contributed by atoms with van der Waals surface area (Å²) in [7, 11) is 0. The van der Waals surface area contributed by atoms with E-state index in [1.165, 1.54) is 19.3 Å². The summed E-state index contributed by atoms with van der Waals surface area (Å²) in [5.41, 5.74) is 10.3. The van der Waals surface area contributed by atoms with Crippen LogP contribution in [-0.4, -0.2) is 37.3 Å². The number of hydrogen-bond acceptors (Lipinski definition) is 4. The van der Waals surface area contributed by atoms with Gasteiger partial charge in [-0.2, -0.15) is 0 Å². The molecule has 0 unspecified atom stereocenters. The number of carbonyl (C=O) groups is 1. The summed E-state index contributed by atoms with van der Waals surface area (Å²) >= 11 is 0. The molecule has 17 heavy (non-hydrogen) atoms. The number of nitrogens with one attached hydrogen (secondary N) is 1. The van der Waals surface area contributed by atoms with E-state index in [9.17, 15) is 4.79 Å². The van der Waals surface area contributed by atoms with E-state index in [1.54, 1.807) is 0 Å². The van der Waals surface area contributed by atoms with Crippen molar-refractivity contribution in [3.63, 3.8) is 0 Å². The predicted octanol–water partition coefficient (Wildman–Crippen LogP) is 0.925. The van der Waals surface area contributed by atoms with Gasteiger partial charge < -0.3 is 21.9 Å². The number of nitrogens with two attached hydrogens (primary N) is 2. The highest BCUT2D eigenvalue weighted by molar-refractivity contribution is 5.66. The van der Waals surface area contributed by atoms with Crippen LogP contribution in [0.1, 0.15) is 45.4 Å². The largest absolute Gasteiger partial charge is 0.481 e. The van der Waals surface area contributed by atoms with Gasteiger partial charge in [0.1, 0.15) is 0 Å². The Morgan fingerprint density at radius 1 is 1.06 bits per heavy atom. The maximum Gasteiger partial charge on any atom is 0.303 e. The van der Waals surface area contributed by atoms with Gasteiger partial charge in [0.2, 0.25) is 0 Å². The van der Waals surface area contributed by atoms with Gasteiger partial charge in [-0.1, -0.05) is 32.6 Å². The minimum Gasteiger partial charge on any atom is -0.481 e. The zero-order chi connectivity index (χ0) is 13.4. The molecule has 0 fully saturated rings. The van der Waals surface area contributed by atoms with Gasteiger partial charge in [0, 0.05) is 32.6 Å². The Kier molecular flexibility index (Phi) is 19.5. The van der Waals surface area contributed by atoms with Crippen LogP contribution in [0.2, 0.25) is 0 Å². The van der Waals surface area contributed by atoms with Gasteiger partial charge in [-0.3, -0.25) is 4.79 Å². The highest BCUT2D eigenvalue weighted by Gasteiger charge is 1.94. The molecule has 0 aromatic rings. The van der Waals surface area contributed by atoms with E-state index >= 15 is 0 Å². The quantitative estimate of drug-likeness (QED) is 0.430. The molecule has 0 aliphatic carbocycles. The lowest BCUT2D eigenvalue weighted by Gasteiger charge is -1.95. The molecule has 0 saturated heterocycles. The first-order valence-electron chi connectivity index (χ1n) is 6.51. The molecule has 0 bridgehead atoms. The van der Waals surface area contributed by atoms with E-state index in [0.29, 0.717) is 19.5 Å². The van der Waals surface area contributed by atoms with E-state index in [2.05, 4.69) is 12.2 Å². The number of carboxylic acid groups (broad SMARTS) is 1. The molecule has 0 amide bonds. The molecule has 0 rings (SSSR count). The normalized spacial score (nSPS) is 9.59. The van der Waals surface area contributed by atoms with Crippen molar-refractivity contribution in [2.24, 2.45) is 11.5 Å². The van der Waals surface area contributed by atoms with E-state index in [-0.39, 0.29) is 0 Å².